The fraction of sp³-hybridized carbons (Fsp3) is 0.192. The summed E-state index contributed by atoms with van der Waals surface area (Å²) in [6.45, 7) is 0. The number of para-hydroxylation sites is 1. The largest absolute Gasteiger partial charge is 0.573 e. The molecule has 1 aliphatic rings. The van der Waals surface area contributed by atoms with Crippen LogP contribution >= 0.6 is 23.2 Å². The van der Waals surface area contributed by atoms with Crippen molar-refractivity contribution in [3.8, 4) is 28.6 Å². The number of halogens is 5. The number of hydrogen-bond donors (Lipinski definition) is 0. The van der Waals surface area contributed by atoms with Crippen molar-refractivity contribution in [1.29, 1.82) is 0 Å². The Morgan fingerprint density at radius 2 is 1.68 bits per heavy atom. The van der Waals surface area contributed by atoms with E-state index >= 15 is 0 Å². The van der Waals surface area contributed by atoms with Crippen molar-refractivity contribution in [2.24, 2.45) is 5.92 Å². The molecule has 2 atom stereocenters. The van der Waals surface area contributed by atoms with Gasteiger partial charge < -0.3 is 9.47 Å². The van der Waals surface area contributed by atoms with Crippen LogP contribution in [0.4, 0.5) is 13.2 Å². The molecule has 1 saturated carbocycles. The zero-order chi connectivity index (χ0) is 26.2. The number of esters is 1. The Kier molecular flexibility index (Phi) is 6.83. The van der Waals surface area contributed by atoms with Crippen LogP contribution in [0.15, 0.2) is 73.1 Å². The highest BCUT2D eigenvalue weighted by Crippen LogP contribution is 2.50. The molecule has 1 heterocycles. The van der Waals surface area contributed by atoms with E-state index in [0.717, 1.165) is 17.5 Å². The van der Waals surface area contributed by atoms with Gasteiger partial charge in [-0.1, -0.05) is 53.5 Å². The molecule has 6 nitrogen and oxygen atoms in total. The lowest BCUT2D eigenvalue weighted by Crippen LogP contribution is -2.17. The highest BCUT2D eigenvalue weighted by molar-refractivity contribution is 6.37. The minimum Gasteiger partial charge on any atom is -0.423 e. The Morgan fingerprint density at radius 1 is 1.00 bits per heavy atom. The van der Waals surface area contributed by atoms with Gasteiger partial charge in [-0.05, 0) is 60.2 Å². The molecule has 0 amide bonds. The predicted molar refractivity (Wildman–Crippen MR) is 131 cm³/mol. The van der Waals surface area contributed by atoms with E-state index in [9.17, 15) is 18.0 Å². The lowest BCUT2D eigenvalue weighted by atomic mass is 10.1. The first-order chi connectivity index (χ1) is 17.7. The zero-order valence-electron chi connectivity index (χ0n) is 19.0. The number of carbonyl (C=O) groups excluding carboxylic acids is 1. The second-order valence-electron chi connectivity index (χ2n) is 8.51. The van der Waals surface area contributed by atoms with Crippen LogP contribution in [0.3, 0.4) is 0 Å². The van der Waals surface area contributed by atoms with Gasteiger partial charge in [-0.3, -0.25) is 4.79 Å². The number of aromatic nitrogens is 3. The summed E-state index contributed by atoms with van der Waals surface area (Å²) in [5.41, 5.74) is 2.41. The Hall–Kier alpha value is -3.56. The molecule has 190 valence electrons. The maximum atomic E-state index is 12.4. The zero-order valence-corrected chi connectivity index (χ0v) is 20.5. The highest BCUT2D eigenvalue weighted by Gasteiger charge is 2.40. The van der Waals surface area contributed by atoms with Gasteiger partial charge in [-0.15, -0.1) is 18.3 Å². The fourth-order valence-corrected chi connectivity index (χ4v) is 4.51. The van der Waals surface area contributed by atoms with Gasteiger partial charge in [-0.25, -0.2) is 9.67 Å². The van der Waals surface area contributed by atoms with E-state index in [4.69, 9.17) is 27.9 Å². The third-order valence-corrected chi connectivity index (χ3v) is 6.51. The van der Waals surface area contributed by atoms with Crippen LogP contribution in [0.2, 0.25) is 10.0 Å². The normalized spacial score (nSPS) is 16.9. The molecular formula is C26H18Cl2F3N3O3. The quantitative estimate of drug-likeness (QED) is 0.180. The lowest BCUT2D eigenvalue weighted by Gasteiger charge is -2.09. The maximum Gasteiger partial charge on any atom is 0.573 e. The Labute approximate surface area is 219 Å². The van der Waals surface area contributed by atoms with Crippen LogP contribution in [0.5, 0.6) is 11.5 Å². The van der Waals surface area contributed by atoms with Crippen molar-refractivity contribution in [2.75, 3.05) is 0 Å². The average Bonchev–Trinajstić information content (AvgIpc) is 3.43. The second-order valence-corrected chi connectivity index (χ2v) is 9.32. The maximum absolute atomic E-state index is 12.4. The second kappa shape index (κ2) is 10.1. The third kappa shape index (κ3) is 6.06. The number of carbonyl (C=O) groups is 1. The van der Waals surface area contributed by atoms with Gasteiger partial charge in [0.15, 0.2) is 11.6 Å². The average molecular weight is 548 g/mol. The van der Waals surface area contributed by atoms with Gasteiger partial charge in [0.2, 0.25) is 0 Å². The van der Waals surface area contributed by atoms with E-state index in [2.05, 4.69) is 14.8 Å². The van der Waals surface area contributed by atoms with E-state index in [1.165, 1.54) is 35.3 Å². The van der Waals surface area contributed by atoms with E-state index in [0.29, 0.717) is 11.5 Å². The van der Waals surface area contributed by atoms with Crippen molar-refractivity contribution < 1.29 is 27.4 Å². The SMILES string of the molecule is O=C(CC1CC1c1ccc(-c2ncn(-c3ccc(OC(F)(F)F)cc3)n2)cc1)Oc1c(Cl)cccc1Cl. The summed E-state index contributed by atoms with van der Waals surface area (Å²) < 4.78 is 47.8. The smallest absolute Gasteiger partial charge is 0.423 e. The molecule has 0 radical (unpaired) electrons. The molecule has 0 N–H and O–H groups in total. The molecule has 0 spiro atoms. The summed E-state index contributed by atoms with van der Waals surface area (Å²) >= 11 is 12.1. The fourth-order valence-electron chi connectivity index (χ4n) is 4.03. The first-order valence-electron chi connectivity index (χ1n) is 11.2. The van der Waals surface area contributed by atoms with Gasteiger partial charge in [0.1, 0.15) is 12.1 Å². The first-order valence-corrected chi connectivity index (χ1v) is 11.9. The summed E-state index contributed by atoms with van der Waals surface area (Å²) in [5, 5.41) is 4.98. The molecule has 1 aromatic heterocycles. The highest BCUT2D eigenvalue weighted by atomic mass is 35.5. The summed E-state index contributed by atoms with van der Waals surface area (Å²) in [4.78, 5) is 16.7. The van der Waals surface area contributed by atoms with Gasteiger partial charge >= 0.3 is 12.3 Å². The molecule has 4 aromatic rings. The van der Waals surface area contributed by atoms with Crippen LogP contribution in [-0.4, -0.2) is 27.1 Å². The lowest BCUT2D eigenvalue weighted by molar-refractivity contribution is -0.274. The minimum atomic E-state index is -4.75. The predicted octanol–water partition coefficient (Wildman–Crippen LogP) is 7.24. The van der Waals surface area contributed by atoms with E-state index < -0.39 is 6.36 Å². The number of benzene rings is 3. The molecule has 11 heteroatoms. The number of rotatable bonds is 7. The molecule has 1 fully saturated rings. The van der Waals surface area contributed by atoms with Crippen molar-refractivity contribution in [3.63, 3.8) is 0 Å². The van der Waals surface area contributed by atoms with E-state index in [-0.39, 0.29) is 45.8 Å². The Balaban J connectivity index is 1.18. The third-order valence-electron chi connectivity index (χ3n) is 5.91. The molecule has 0 bridgehead atoms. The van der Waals surface area contributed by atoms with Crippen molar-refractivity contribution in [1.82, 2.24) is 14.8 Å². The first kappa shape index (κ1) is 25.1. The summed E-state index contributed by atoms with van der Waals surface area (Å²) in [6.07, 6.45) is -2.14. The van der Waals surface area contributed by atoms with Gasteiger partial charge in [0, 0.05) is 12.0 Å². The molecule has 37 heavy (non-hydrogen) atoms. The van der Waals surface area contributed by atoms with Crippen LogP contribution in [0.1, 0.15) is 24.3 Å². The summed E-state index contributed by atoms with van der Waals surface area (Å²) in [5.74, 6) is 0.357. The molecule has 0 aliphatic heterocycles. The number of nitrogens with zero attached hydrogens (tertiary/aromatic N) is 3. The van der Waals surface area contributed by atoms with Gasteiger partial charge in [-0.2, -0.15) is 0 Å². The Morgan fingerprint density at radius 3 is 2.32 bits per heavy atom. The Bertz CT molecular complexity index is 1400. The topological polar surface area (TPSA) is 66.2 Å². The summed E-state index contributed by atoms with van der Waals surface area (Å²) in [6, 6.07) is 18.0. The number of ether oxygens (including phenoxy) is 2. The molecule has 5 rings (SSSR count). The van der Waals surface area contributed by atoms with Crippen LogP contribution in [0, 0.1) is 5.92 Å². The molecule has 3 aromatic carbocycles. The van der Waals surface area contributed by atoms with E-state index in [1.807, 2.05) is 24.3 Å². The van der Waals surface area contributed by atoms with Gasteiger partial charge in [0.05, 0.1) is 15.7 Å². The monoisotopic (exact) mass is 547 g/mol. The van der Waals surface area contributed by atoms with Crippen molar-refractivity contribution >= 4 is 29.2 Å². The van der Waals surface area contributed by atoms with Crippen molar-refractivity contribution in [2.45, 2.75) is 25.1 Å². The molecule has 1 aliphatic carbocycles. The molecule has 2 unspecified atom stereocenters. The number of alkyl halides is 3. The van der Waals surface area contributed by atoms with Gasteiger partial charge in [0.25, 0.3) is 0 Å². The molecular weight excluding hydrogens is 530 g/mol. The van der Waals surface area contributed by atoms with Crippen LogP contribution in [0.25, 0.3) is 17.1 Å². The van der Waals surface area contributed by atoms with E-state index in [1.54, 1.807) is 18.2 Å². The molecule has 0 saturated heterocycles. The minimum absolute atomic E-state index is 0.168. The van der Waals surface area contributed by atoms with Crippen LogP contribution < -0.4 is 9.47 Å². The summed E-state index contributed by atoms with van der Waals surface area (Å²) in [7, 11) is 0. The van der Waals surface area contributed by atoms with Crippen LogP contribution in [-0.2, 0) is 4.79 Å². The van der Waals surface area contributed by atoms with Crippen molar-refractivity contribution in [3.05, 3.63) is 88.7 Å². The standard InChI is InChI=1S/C26H18Cl2F3N3O3/c27-21-2-1-3-22(28)24(21)36-23(35)13-17-12-20(17)15-4-6-16(7-5-15)25-32-14-34(33-25)18-8-10-19(11-9-18)37-26(29,30)31/h1-11,14,17,20H,12-13H2. The number of hydrogen-bond acceptors (Lipinski definition) is 5.